The Hall–Kier alpha value is -6.50. The molecule has 4 aromatic heterocycles. The molecule has 0 amide bonds. The zero-order valence-corrected chi connectivity index (χ0v) is 27.5. The summed E-state index contributed by atoms with van der Waals surface area (Å²) in [5.41, 5.74) is 8.70. The molecule has 0 aliphatic rings. The quantitative estimate of drug-likeness (QED) is 0.185. The highest BCUT2D eigenvalue weighted by Crippen LogP contribution is 2.42. The predicted molar refractivity (Wildman–Crippen MR) is 207 cm³/mol. The summed E-state index contributed by atoms with van der Waals surface area (Å²) in [6.07, 6.45) is 3.86. The number of nitrogens with zero attached hydrogens (tertiary/aromatic N) is 5. The van der Waals surface area contributed by atoms with Crippen molar-refractivity contribution in [2.45, 2.75) is 0 Å². The van der Waals surface area contributed by atoms with Crippen LogP contribution in [0.25, 0.3) is 93.0 Å². The van der Waals surface area contributed by atoms with Crippen LogP contribution in [0, 0.1) is 0 Å². The smallest absolute Gasteiger partial charge is 0.165 e. The monoisotopic (exact) mass is 657 g/mol. The van der Waals surface area contributed by atoms with Crippen molar-refractivity contribution in [1.29, 1.82) is 0 Å². The molecule has 0 bridgehead atoms. The van der Waals surface area contributed by atoms with Crippen LogP contribution in [0.2, 0.25) is 0 Å². The number of aromatic nitrogens is 5. The fourth-order valence-corrected chi connectivity index (χ4v) is 8.18. The molecule has 6 heteroatoms. The highest BCUT2D eigenvalue weighted by atomic mass is 32.1. The summed E-state index contributed by atoms with van der Waals surface area (Å²) in [6.45, 7) is 0. The van der Waals surface area contributed by atoms with E-state index in [-0.39, 0.29) is 0 Å². The van der Waals surface area contributed by atoms with Gasteiger partial charge >= 0.3 is 0 Å². The molecule has 6 aromatic carbocycles. The maximum absolute atomic E-state index is 5.05. The Balaban J connectivity index is 1.15. The minimum absolute atomic E-state index is 0.658. The van der Waals surface area contributed by atoms with Gasteiger partial charge in [-0.3, -0.25) is 4.98 Å². The first-order valence-corrected chi connectivity index (χ1v) is 17.4. The van der Waals surface area contributed by atoms with Gasteiger partial charge in [0.25, 0.3) is 0 Å². The molecule has 0 atom stereocenters. The predicted octanol–water partition coefficient (Wildman–Crippen LogP) is 11.4. The van der Waals surface area contributed by atoms with Crippen LogP contribution in [-0.2, 0) is 0 Å². The molecule has 4 heterocycles. The molecule has 0 N–H and O–H groups in total. The van der Waals surface area contributed by atoms with Gasteiger partial charge in [-0.05, 0) is 53.6 Å². The summed E-state index contributed by atoms with van der Waals surface area (Å²) in [6, 6.07) is 52.9. The van der Waals surface area contributed by atoms with Crippen LogP contribution in [0.4, 0.5) is 0 Å². The lowest BCUT2D eigenvalue weighted by Gasteiger charge is -2.09. The van der Waals surface area contributed by atoms with E-state index in [0.717, 1.165) is 43.5 Å². The number of benzene rings is 6. The van der Waals surface area contributed by atoms with Gasteiger partial charge < -0.3 is 4.57 Å². The minimum Gasteiger partial charge on any atom is -0.309 e. The SMILES string of the molecule is c1ccc(-c2ccc3c(c2)c2cnccc2n3-c2ccc3sc4c(-c5nc(-c6ccccc6)nc(-c6ccccc6)n5)cccc4c3c2)cc1. The molecular weight excluding hydrogens is 631 g/mol. The first-order chi connectivity index (χ1) is 24.8. The Morgan fingerprint density at radius 3 is 1.82 bits per heavy atom. The number of pyridine rings is 1. The molecule has 0 fully saturated rings. The van der Waals surface area contributed by atoms with Gasteiger partial charge in [0.1, 0.15) is 0 Å². The average molecular weight is 658 g/mol. The molecule has 0 saturated carbocycles. The van der Waals surface area contributed by atoms with E-state index in [9.17, 15) is 0 Å². The van der Waals surface area contributed by atoms with Crippen molar-refractivity contribution in [1.82, 2.24) is 24.5 Å². The van der Waals surface area contributed by atoms with E-state index in [1.54, 1.807) is 11.3 Å². The van der Waals surface area contributed by atoms with Crippen LogP contribution < -0.4 is 0 Å². The molecule has 5 nitrogen and oxygen atoms in total. The molecule has 0 radical (unpaired) electrons. The fraction of sp³-hybridized carbons (Fsp3) is 0. The number of rotatable bonds is 5. The van der Waals surface area contributed by atoms with E-state index in [1.807, 2.05) is 73.1 Å². The van der Waals surface area contributed by atoms with Gasteiger partial charge in [0, 0.05) is 65.7 Å². The van der Waals surface area contributed by atoms with E-state index in [2.05, 4.69) is 101 Å². The van der Waals surface area contributed by atoms with Gasteiger partial charge in [0.2, 0.25) is 0 Å². The molecule has 0 saturated heterocycles. The van der Waals surface area contributed by atoms with Crippen molar-refractivity contribution in [3.63, 3.8) is 0 Å². The van der Waals surface area contributed by atoms with Gasteiger partial charge in [-0.15, -0.1) is 11.3 Å². The summed E-state index contributed by atoms with van der Waals surface area (Å²) >= 11 is 1.78. The van der Waals surface area contributed by atoms with Crippen molar-refractivity contribution in [3.8, 4) is 51.0 Å². The van der Waals surface area contributed by atoms with E-state index in [4.69, 9.17) is 15.0 Å². The molecule has 234 valence electrons. The van der Waals surface area contributed by atoms with E-state index in [0.29, 0.717) is 17.5 Å². The molecule has 0 unspecified atom stereocenters. The highest BCUT2D eigenvalue weighted by molar-refractivity contribution is 7.26. The zero-order valence-electron chi connectivity index (χ0n) is 26.7. The van der Waals surface area contributed by atoms with Crippen LogP contribution in [0.1, 0.15) is 0 Å². The Bertz CT molecular complexity index is 2800. The largest absolute Gasteiger partial charge is 0.309 e. The van der Waals surface area contributed by atoms with Gasteiger partial charge in [-0.1, -0.05) is 109 Å². The third-order valence-corrected chi connectivity index (χ3v) is 10.6. The maximum atomic E-state index is 5.05. The summed E-state index contributed by atoms with van der Waals surface area (Å²) in [7, 11) is 0. The Kier molecular flexibility index (Phi) is 6.60. The van der Waals surface area contributed by atoms with Crippen LogP contribution in [0.3, 0.4) is 0 Å². The van der Waals surface area contributed by atoms with Crippen molar-refractivity contribution < 1.29 is 0 Å². The Morgan fingerprint density at radius 2 is 1.10 bits per heavy atom. The van der Waals surface area contributed by atoms with Crippen molar-refractivity contribution in [3.05, 3.63) is 164 Å². The molecular formula is C44H27N5S. The zero-order chi connectivity index (χ0) is 33.0. The lowest BCUT2D eigenvalue weighted by Crippen LogP contribution is -2.00. The summed E-state index contributed by atoms with van der Waals surface area (Å²) in [4.78, 5) is 19.5. The molecule has 10 rings (SSSR count). The third-order valence-electron chi connectivity index (χ3n) is 9.35. The fourth-order valence-electron chi connectivity index (χ4n) is 6.99. The van der Waals surface area contributed by atoms with Gasteiger partial charge in [0.15, 0.2) is 17.5 Å². The van der Waals surface area contributed by atoms with Crippen LogP contribution in [0.15, 0.2) is 164 Å². The van der Waals surface area contributed by atoms with Crippen LogP contribution >= 0.6 is 11.3 Å². The van der Waals surface area contributed by atoms with Crippen LogP contribution in [-0.4, -0.2) is 24.5 Å². The van der Waals surface area contributed by atoms with Crippen molar-refractivity contribution in [2.75, 3.05) is 0 Å². The second-order valence-electron chi connectivity index (χ2n) is 12.3. The second-order valence-corrected chi connectivity index (χ2v) is 13.4. The van der Waals surface area contributed by atoms with Gasteiger partial charge in [-0.25, -0.2) is 15.0 Å². The van der Waals surface area contributed by atoms with E-state index in [1.165, 1.54) is 32.0 Å². The molecule has 0 aliphatic carbocycles. The minimum atomic E-state index is 0.658. The van der Waals surface area contributed by atoms with Crippen LogP contribution in [0.5, 0.6) is 0 Å². The lowest BCUT2D eigenvalue weighted by molar-refractivity contribution is 1.08. The average Bonchev–Trinajstić information content (AvgIpc) is 3.74. The standard InChI is InChI=1S/C44H27N5S/c1-4-11-28(12-5-1)31-19-21-38-35(25-31)37-27-45-24-23-39(37)49(38)32-20-22-40-36(26-32)33-17-10-18-34(41(33)50-40)44-47-42(29-13-6-2-7-14-29)46-43(48-44)30-15-8-3-9-16-30/h1-27H. The number of fused-ring (bicyclic) bond motifs is 6. The summed E-state index contributed by atoms with van der Waals surface area (Å²) in [5, 5.41) is 4.71. The lowest BCUT2D eigenvalue weighted by atomic mass is 10.0. The van der Waals surface area contributed by atoms with Gasteiger partial charge in [-0.2, -0.15) is 0 Å². The second kappa shape index (κ2) is 11.6. The van der Waals surface area contributed by atoms with E-state index >= 15 is 0 Å². The first-order valence-electron chi connectivity index (χ1n) is 16.5. The Morgan fingerprint density at radius 1 is 0.440 bits per heavy atom. The number of hydrogen-bond acceptors (Lipinski definition) is 5. The molecule has 50 heavy (non-hydrogen) atoms. The molecule has 0 aliphatic heterocycles. The molecule has 10 aromatic rings. The topological polar surface area (TPSA) is 56.5 Å². The summed E-state index contributed by atoms with van der Waals surface area (Å²) < 4.78 is 4.73. The summed E-state index contributed by atoms with van der Waals surface area (Å²) in [5.74, 6) is 1.98. The highest BCUT2D eigenvalue weighted by Gasteiger charge is 2.18. The number of hydrogen-bond donors (Lipinski definition) is 0. The van der Waals surface area contributed by atoms with E-state index < -0.39 is 0 Å². The van der Waals surface area contributed by atoms with Crippen molar-refractivity contribution in [2.24, 2.45) is 0 Å². The van der Waals surface area contributed by atoms with Gasteiger partial charge in [0.05, 0.1) is 11.0 Å². The van der Waals surface area contributed by atoms with Crippen molar-refractivity contribution >= 4 is 53.3 Å². The Labute approximate surface area is 291 Å². The normalized spacial score (nSPS) is 11.6. The first kappa shape index (κ1) is 28.5. The third kappa shape index (κ3) is 4.69. The maximum Gasteiger partial charge on any atom is 0.165 e. The number of thiophene rings is 1. The molecule has 0 spiro atoms.